The molecule has 0 unspecified atom stereocenters. The average molecular weight is 454 g/mol. The van der Waals surface area contributed by atoms with Crippen molar-refractivity contribution in [2.75, 3.05) is 0 Å². The van der Waals surface area contributed by atoms with Crippen molar-refractivity contribution >= 4 is 69.7 Å². The molecule has 0 aliphatic carbocycles. The fraction of sp³-hybridized carbons (Fsp3) is 0.0625. The fourth-order valence-electron chi connectivity index (χ4n) is 5.40. The van der Waals surface area contributed by atoms with Gasteiger partial charge in [0.15, 0.2) is 0 Å². The van der Waals surface area contributed by atoms with Crippen molar-refractivity contribution in [3.8, 4) is 5.69 Å². The van der Waals surface area contributed by atoms with Gasteiger partial charge in [-0.15, -0.1) is 11.3 Å². The van der Waals surface area contributed by atoms with Crippen LogP contribution in [0.1, 0.15) is 19.4 Å². The molecule has 0 atom stereocenters. The van der Waals surface area contributed by atoms with Crippen LogP contribution in [0.5, 0.6) is 0 Å². The van der Waals surface area contributed by atoms with Gasteiger partial charge in [-0.2, -0.15) is 0 Å². The van der Waals surface area contributed by atoms with Crippen LogP contribution in [0.3, 0.4) is 0 Å². The number of fused-ring (bicyclic) bond motifs is 10. The Morgan fingerprint density at radius 3 is 1.94 bits per heavy atom. The van der Waals surface area contributed by atoms with Crippen LogP contribution in [-0.2, 0) is 0 Å². The summed E-state index contributed by atoms with van der Waals surface area (Å²) < 4.78 is 5.21. The van der Waals surface area contributed by atoms with E-state index in [-0.39, 0.29) is 0 Å². The molecule has 34 heavy (non-hydrogen) atoms. The quantitative estimate of drug-likeness (QED) is 0.230. The number of hydrogen-bond acceptors (Lipinski definition) is 1. The van der Waals surface area contributed by atoms with Crippen molar-refractivity contribution in [3.05, 3.63) is 109 Å². The van der Waals surface area contributed by atoms with Crippen molar-refractivity contribution in [1.29, 1.82) is 0 Å². The highest BCUT2D eigenvalue weighted by molar-refractivity contribution is 7.27. The highest BCUT2D eigenvalue weighted by Gasteiger charge is 2.21. The van der Waals surface area contributed by atoms with Gasteiger partial charge in [-0.1, -0.05) is 84.9 Å². The van der Waals surface area contributed by atoms with E-state index in [0.717, 1.165) is 0 Å². The zero-order valence-corrected chi connectivity index (χ0v) is 20.0. The minimum Gasteiger partial charge on any atom is -0.308 e. The monoisotopic (exact) mass is 453 g/mol. The number of benzene rings is 5. The lowest BCUT2D eigenvalue weighted by Crippen LogP contribution is -1.94. The molecule has 0 aliphatic heterocycles. The van der Waals surface area contributed by atoms with Gasteiger partial charge >= 0.3 is 0 Å². The smallest absolute Gasteiger partial charge is 0.0734 e. The number of aromatic nitrogens is 1. The predicted octanol–water partition coefficient (Wildman–Crippen LogP) is 9.73. The van der Waals surface area contributed by atoms with Crippen molar-refractivity contribution in [2.24, 2.45) is 0 Å². The predicted molar refractivity (Wildman–Crippen MR) is 151 cm³/mol. The van der Waals surface area contributed by atoms with E-state index in [1.165, 1.54) is 69.6 Å². The Morgan fingerprint density at radius 1 is 0.647 bits per heavy atom. The summed E-state index contributed by atoms with van der Waals surface area (Å²) in [4.78, 5) is 0. The standard InChI is InChI=1S/C32H23NS/c1-3-20(2)21-16-18-22(19-17-21)33-28-15-9-8-14-27(28)32-30(33)29-25-12-6-4-10-23(25)24-11-5-7-13-26(24)31(29)34-32/h3-19H,1-2H3/b20-3+. The summed E-state index contributed by atoms with van der Waals surface area (Å²) in [5, 5.41) is 8.00. The number of rotatable bonds is 2. The summed E-state index contributed by atoms with van der Waals surface area (Å²) in [7, 11) is 0. The van der Waals surface area contributed by atoms with E-state index >= 15 is 0 Å². The Morgan fingerprint density at radius 2 is 1.24 bits per heavy atom. The molecule has 0 radical (unpaired) electrons. The summed E-state index contributed by atoms with van der Waals surface area (Å²) in [5.41, 5.74) is 6.35. The third-order valence-corrected chi connectivity index (χ3v) is 8.41. The second-order valence-electron chi connectivity index (χ2n) is 8.95. The Kier molecular flexibility index (Phi) is 4.21. The summed E-state index contributed by atoms with van der Waals surface area (Å²) in [6.45, 7) is 4.26. The van der Waals surface area contributed by atoms with Crippen LogP contribution in [0.25, 0.3) is 64.0 Å². The van der Waals surface area contributed by atoms with Crippen LogP contribution >= 0.6 is 11.3 Å². The first kappa shape index (κ1) is 19.6. The van der Waals surface area contributed by atoms with Crippen LogP contribution in [-0.4, -0.2) is 4.57 Å². The third-order valence-electron chi connectivity index (χ3n) is 7.17. The highest BCUT2D eigenvalue weighted by atomic mass is 32.1. The minimum atomic E-state index is 1.20. The van der Waals surface area contributed by atoms with Gasteiger partial charge in [-0.25, -0.2) is 0 Å². The molecule has 0 spiro atoms. The molecule has 0 aliphatic rings. The van der Waals surface area contributed by atoms with E-state index in [4.69, 9.17) is 0 Å². The van der Waals surface area contributed by atoms with Gasteiger partial charge in [0.05, 0.1) is 15.7 Å². The SMILES string of the molecule is C/C=C(\C)c1ccc(-n2c3ccccc3c3sc4c5ccccc5c5ccccc5c4c32)cc1. The molecule has 0 amide bonds. The molecular formula is C32H23NS. The van der Waals surface area contributed by atoms with Crippen molar-refractivity contribution in [1.82, 2.24) is 4.57 Å². The zero-order valence-electron chi connectivity index (χ0n) is 19.2. The van der Waals surface area contributed by atoms with Crippen LogP contribution in [0.4, 0.5) is 0 Å². The molecule has 7 aromatic rings. The zero-order chi connectivity index (χ0) is 22.8. The number of para-hydroxylation sites is 1. The second kappa shape index (κ2) is 7.31. The molecule has 0 bridgehead atoms. The summed E-state index contributed by atoms with van der Waals surface area (Å²) in [6.07, 6.45) is 2.17. The lowest BCUT2D eigenvalue weighted by molar-refractivity contribution is 1.19. The van der Waals surface area contributed by atoms with E-state index in [2.05, 4.69) is 122 Å². The maximum atomic E-state index is 2.47. The van der Waals surface area contributed by atoms with E-state index in [9.17, 15) is 0 Å². The Labute approximate surface area is 202 Å². The van der Waals surface area contributed by atoms with Gasteiger partial charge in [-0.05, 0) is 59.3 Å². The Balaban J connectivity index is 1.71. The molecule has 5 aromatic carbocycles. The first-order valence-corrected chi connectivity index (χ1v) is 12.6. The normalized spacial score (nSPS) is 12.6. The molecule has 2 heteroatoms. The van der Waals surface area contributed by atoms with Gasteiger partial charge in [0.2, 0.25) is 0 Å². The topological polar surface area (TPSA) is 4.93 Å². The lowest BCUT2D eigenvalue weighted by atomic mass is 9.98. The molecule has 2 heterocycles. The largest absolute Gasteiger partial charge is 0.308 e. The van der Waals surface area contributed by atoms with E-state index in [1.54, 1.807) is 0 Å². The summed E-state index contributed by atoms with van der Waals surface area (Å²) in [5.74, 6) is 0. The van der Waals surface area contributed by atoms with E-state index < -0.39 is 0 Å². The van der Waals surface area contributed by atoms with Crippen molar-refractivity contribution in [3.63, 3.8) is 0 Å². The number of nitrogens with zero attached hydrogens (tertiary/aromatic N) is 1. The molecule has 162 valence electrons. The van der Waals surface area contributed by atoms with E-state index in [0.29, 0.717) is 0 Å². The van der Waals surface area contributed by atoms with Gasteiger partial charge in [0.1, 0.15) is 0 Å². The lowest BCUT2D eigenvalue weighted by Gasteiger charge is -2.11. The van der Waals surface area contributed by atoms with Crippen molar-refractivity contribution < 1.29 is 0 Å². The minimum absolute atomic E-state index is 1.20. The van der Waals surface area contributed by atoms with Crippen LogP contribution in [0.2, 0.25) is 0 Å². The molecular weight excluding hydrogens is 430 g/mol. The van der Waals surface area contributed by atoms with Crippen molar-refractivity contribution in [2.45, 2.75) is 13.8 Å². The third kappa shape index (κ3) is 2.60. The first-order valence-electron chi connectivity index (χ1n) is 11.7. The maximum Gasteiger partial charge on any atom is 0.0734 e. The number of allylic oxidation sites excluding steroid dienone is 2. The van der Waals surface area contributed by atoms with Gasteiger partial charge in [-0.3, -0.25) is 0 Å². The fourth-order valence-corrected chi connectivity index (χ4v) is 6.77. The molecule has 0 fully saturated rings. The molecule has 2 aromatic heterocycles. The maximum absolute atomic E-state index is 2.47. The second-order valence-corrected chi connectivity index (χ2v) is 9.97. The highest BCUT2D eigenvalue weighted by Crippen LogP contribution is 2.48. The summed E-state index contributed by atoms with van der Waals surface area (Å²) >= 11 is 1.93. The molecule has 0 saturated heterocycles. The van der Waals surface area contributed by atoms with Crippen LogP contribution in [0, 0.1) is 0 Å². The Hall–Kier alpha value is -3.88. The van der Waals surface area contributed by atoms with Gasteiger partial charge in [0, 0.05) is 26.5 Å². The Bertz CT molecular complexity index is 1910. The number of thiophene rings is 1. The molecule has 1 nitrogen and oxygen atoms in total. The molecule has 0 saturated carbocycles. The number of hydrogen-bond donors (Lipinski definition) is 0. The molecule has 0 N–H and O–H groups in total. The van der Waals surface area contributed by atoms with Crippen LogP contribution in [0.15, 0.2) is 103 Å². The average Bonchev–Trinajstić information content (AvgIpc) is 3.44. The molecule has 7 rings (SSSR count). The van der Waals surface area contributed by atoms with Gasteiger partial charge < -0.3 is 4.57 Å². The summed E-state index contributed by atoms with van der Waals surface area (Å²) in [6, 6.07) is 35.6. The van der Waals surface area contributed by atoms with E-state index in [1.807, 2.05) is 11.3 Å². The van der Waals surface area contributed by atoms with Gasteiger partial charge in [0.25, 0.3) is 0 Å². The first-order chi connectivity index (χ1) is 16.8. The van der Waals surface area contributed by atoms with Crippen LogP contribution < -0.4 is 0 Å².